The quantitative estimate of drug-likeness (QED) is 0.492. The Balaban J connectivity index is 0.00000216. The number of halogens is 1. The number of benzene rings is 1. The summed E-state index contributed by atoms with van der Waals surface area (Å²) in [6, 6.07) is 10.9. The maximum absolute atomic E-state index is 13.3. The second-order valence-corrected chi connectivity index (χ2v) is 12.4. The van der Waals surface area contributed by atoms with Gasteiger partial charge in [-0.3, -0.25) is 4.79 Å². The molecule has 176 valence electrons. The van der Waals surface area contributed by atoms with E-state index in [0.717, 1.165) is 30.7 Å². The zero-order valence-corrected chi connectivity index (χ0v) is 20.7. The van der Waals surface area contributed by atoms with Gasteiger partial charge in [0.15, 0.2) is 0 Å². The van der Waals surface area contributed by atoms with Crippen molar-refractivity contribution in [2.45, 2.75) is 76.2 Å². The third kappa shape index (κ3) is 3.28. The lowest BCUT2D eigenvalue weighted by Gasteiger charge is -2.67. The standard InChI is InChI=1S/C28H39NO2.ClH/c1-29(2)18-22-17-28(31-25(22)30,24-10-4-3-5-11-24)27-15-20-12-21(16-27)14-26(13-20,19-27)23-8-6-7-9-23;/h3-5,10-11,20-23H,6-9,12-19H2,1-2H3;1H. The molecule has 32 heavy (non-hydrogen) atoms. The average molecular weight is 458 g/mol. The Morgan fingerprint density at radius 2 is 1.62 bits per heavy atom. The molecule has 1 aliphatic heterocycles. The number of nitrogens with zero attached hydrogens (tertiary/aromatic N) is 1. The van der Waals surface area contributed by atoms with Crippen molar-refractivity contribution in [3.8, 4) is 0 Å². The second kappa shape index (κ2) is 8.01. The molecule has 1 aromatic rings. The first kappa shape index (κ1) is 22.7. The maximum atomic E-state index is 13.3. The van der Waals surface area contributed by atoms with Crippen LogP contribution >= 0.6 is 12.4 Å². The SMILES string of the molecule is CN(C)CC1CC(c2ccccc2)(C23CC4CC(CC(C5CCCC5)(C4)C2)C3)OC1=O.Cl. The number of esters is 1. The summed E-state index contributed by atoms with van der Waals surface area (Å²) in [6.07, 6.45) is 14.8. The van der Waals surface area contributed by atoms with Gasteiger partial charge in [-0.15, -0.1) is 12.4 Å². The summed E-state index contributed by atoms with van der Waals surface area (Å²) < 4.78 is 6.68. The number of cyclic esters (lactones) is 1. The van der Waals surface area contributed by atoms with Crippen molar-refractivity contribution in [2.24, 2.45) is 34.5 Å². The zero-order chi connectivity index (χ0) is 21.3. The molecule has 4 bridgehead atoms. The van der Waals surface area contributed by atoms with E-state index >= 15 is 0 Å². The van der Waals surface area contributed by atoms with E-state index in [-0.39, 0.29) is 29.7 Å². The predicted octanol–water partition coefficient (Wildman–Crippen LogP) is 6.21. The Kier molecular flexibility index (Phi) is 5.69. The molecule has 0 radical (unpaired) electrons. The summed E-state index contributed by atoms with van der Waals surface area (Å²) in [7, 11) is 4.16. The van der Waals surface area contributed by atoms with E-state index in [1.54, 1.807) is 0 Å². The van der Waals surface area contributed by atoms with E-state index < -0.39 is 5.60 Å². The van der Waals surface area contributed by atoms with Gasteiger partial charge in [0.1, 0.15) is 5.60 Å². The van der Waals surface area contributed by atoms with Crippen LogP contribution in [0.2, 0.25) is 0 Å². The summed E-state index contributed by atoms with van der Waals surface area (Å²) in [6.45, 7) is 0.796. The summed E-state index contributed by atoms with van der Waals surface area (Å²) in [5, 5.41) is 0. The summed E-state index contributed by atoms with van der Waals surface area (Å²) in [4.78, 5) is 15.4. The first-order valence-corrected chi connectivity index (χ1v) is 12.9. The molecule has 0 spiro atoms. The van der Waals surface area contributed by atoms with Crippen molar-refractivity contribution in [3.05, 3.63) is 35.9 Å². The van der Waals surface area contributed by atoms with Crippen LogP contribution in [0.5, 0.6) is 0 Å². The molecule has 3 nitrogen and oxygen atoms in total. The van der Waals surface area contributed by atoms with Gasteiger partial charge in [0.25, 0.3) is 0 Å². The summed E-state index contributed by atoms with van der Waals surface area (Å²) in [5.74, 6) is 2.64. The molecule has 0 N–H and O–H groups in total. The van der Waals surface area contributed by atoms with Crippen LogP contribution in [-0.4, -0.2) is 31.5 Å². The number of carbonyl (C=O) groups excluding carboxylic acids is 1. The number of hydrogen-bond acceptors (Lipinski definition) is 3. The minimum absolute atomic E-state index is 0. The van der Waals surface area contributed by atoms with Gasteiger partial charge >= 0.3 is 5.97 Å². The molecule has 5 saturated carbocycles. The topological polar surface area (TPSA) is 29.5 Å². The van der Waals surface area contributed by atoms with Gasteiger partial charge < -0.3 is 9.64 Å². The van der Waals surface area contributed by atoms with Crippen LogP contribution in [-0.2, 0) is 15.1 Å². The Labute approximate surface area is 200 Å². The lowest BCUT2D eigenvalue weighted by Crippen LogP contribution is -2.61. The highest BCUT2D eigenvalue weighted by atomic mass is 35.5. The molecule has 4 unspecified atom stereocenters. The molecule has 1 heterocycles. The molecule has 0 amide bonds. The molecule has 0 aromatic heterocycles. The van der Waals surface area contributed by atoms with Crippen molar-refractivity contribution in [1.29, 1.82) is 0 Å². The van der Waals surface area contributed by atoms with Crippen molar-refractivity contribution >= 4 is 18.4 Å². The van der Waals surface area contributed by atoms with Gasteiger partial charge in [-0.2, -0.15) is 0 Å². The Bertz CT molecular complexity index is 834. The molecule has 6 aliphatic rings. The van der Waals surface area contributed by atoms with Crippen molar-refractivity contribution in [1.82, 2.24) is 4.90 Å². The van der Waals surface area contributed by atoms with Crippen LogP contribution in [0.3, 0.4) is 0 Å². The molecule has 5 aliphatic carbocycles. The highest BCUT2D eigenvalue weighted by molar-refractivity contribution is 5.85. The van der Waals surface area contributed by atoms with E-state index in [9.17, 15) is 4.79 Å². The highest BCUT2D eigenvalue weighted by Gasteiger charge is 2.69. The van der Waals surface area contributed by atoms with Gasteiger partial charge in [-0.1, -0.05) is 43.2 Å². The van der Waals surface area contributed by atoms with E-state index in [2.05, 4.69) is 49.3 Å². The zero-order valence-electron chi connectivity index (χ0n) is 19.9. The molecular formula is C28H40ClNO2. The van der Waals surface area contributed by atoms with E-state index in [4.69, 9.17) is 4.74 Å². The fourth-order valence-corrected chi connectivity index (χ4v) is 9.64. The highest BCUT2D eigenvalue weighted by Crippen LogP contribution is 2.74. The van der Waals surface area contributed by atoms with Gasteiger partial charge in [0.05, 0.1) is 5.92 Å². The van der Waals surface area contributed by atoms with Crippen LogP contribution in [0.15, 0.2) is 30.3 Å². The Morgan fingerprint density at radius 3 is 2.25 bits per heavy atom. The molecule has 6 fully saturated rings. The molecule has 4 heteroatoms. The van der Waals surface area contributed by atoms with Gasteiger partial charge in [0, 0.05) is 18.4 Å². The Morgan fingerprint density at radius 1 is 0.969 bits per heavy atom. The first-order valence-electron chi connectivity index (χ1n) is 12.9. The second-order valence-electron chi connectivity index (χ2n) is 12.4. The van der Waals surface area contributed by atoms with Crippen molar-refractivity contribution in [3.63, 3.8) is 0 Å². The smallest absolute Gasteiger partial charge is 0.311 e. The lowest BCUT2D eigenvalue weighted by atomic mass is 9.38. The third-order valence-corrected chi connectivity index (χ3v) is 10.2. The largest absolute Gasteiger partial charge is 0.453 e. The van der Waals surface area contributed by atoms with Crippen LogP contribution in [0.4, 0.5) is 0 Å². The fourth-order valence-electron chi connectivity index (χ4n) is 9.64. The first-order chi connectivity index (χ1) is 14.9. The number of carbonyl (C=O) groups is 1. The maximum Gasteiger partial charge on any atom is 0.311 e. The van der Waals surface area contributed by atoms with E-state index in [1.807, 2.05) is 0 Å². The predicted molar refractivity (Wildman–Crippen MR) is 130 cm³/mol. The minimum Gasteiger partial charge on any atom is -0.453 e. The van der Waals surface area contributed by atoms with Gasteiger partial charge in [-0.25, -0.2) is 0 Å². The summed E-state index contributed by atoms with van der Waals surface area (Å²) >= 11 is 0. The molecule has 7 rings (SSSR count). The number of hydrogen-bond donors (Lipinski definition) is 0. The molecule has 4 atom stereocenters. The lowest BCUT2D eigenvalue weighted by molar-refractivity contribution is -0.225. The van der Waals surface area contributed by atoms with Crippen LogP contribution in [0.25, 0.3) is 0 Å². The number of rotatable bonds is 5. The van der Waals surface area contributed by atoms with Crippen LogP contribution in [0, 0.1) is 34.5 Å². The van der Waals surface area contributed by atoms with Gasteiger partial charge in [-0.05, 0) is 94.2 Å². The molecule has 1 saturated heterocycles. The minimum atomic E-state index is -0.423. The van der Waals surface area contributed by atoms with Gasteiger partial charge in [0.2, 0.25) is 0 Å². The normalized spacial score (nSPS) is 43.0. The van der Waals surface area contributed by atoms with Crippen LogP contribution < -0.4 is 0 Å². The van der Waals surface area contributed by atoms with Crippen molar-refractivity contribution in [2.75, 3.05) is 20.6 Å². The summed E-state index contributed by atoms with van der Waals surface area (Å²) in [5.41, 5.74) is 1.51. The monoisotopic (exact) mass is 457 g/mol. The molecular weight excluding hydrogens is 418 g/mol. The van der Waals surface area contributed by atoms with E-state index in [1.165, 1.54) is 69.8 Å². The van der Waals surface area contributed by atoms with Crippen LogP contribution in [0.1, 0.15) is 76.2 Å². The third-order valence-electron chi connectivity index (χ3n) is 10.2. The average Bonchev–Trinajstić information content (AvgIpc) is 3.37. The number of ether oxygens (including phenoxy) is 1. The van der Waals surface area contributed by atoms with E-state index in [0.29, 0.717) is 5.41 Å². The Hall–Kier alpha value is -1.06. The molecule has 1 aromatic carbocycles. The fraction of sp³-hybridized carbons (Fsp3) is 0.750. The van der Waals surface area contributed by atoms with Crippen molar-refractivity contribution < 1.29 is 9.53 Å².